The largest absolute Gasteiger partial charge is 0.497 e. The summed E-state index contributed by atoms with van der Waals surface area (Å²) in [5.41, 5.74) is 0.977. The second kappa shape index (κ2) is 7.01. The topological polar surface area (TPSA) is 33.7 Å². The van der Waals surface area contributed by atoms with Gasteiger partial charge in [-0.25, -0.2) is 0 Å². The lowest BCUT2D eigenvalue weighted by Crippen LogP contribution is -2.16. The highest BCUT2D eigenvalue weighted by Gasteiger charge is 2.04. The number of nitrogens with one attached hydrogen (secondary N) is 1. The Balaban J connectivity index is 2.55. The van der Waals surface area contributed by atoms with E-state index in [1.807, 2.05) is 18.2 Å². The maximum absolute atomic E-state index is 5.29. The molecule has 0 heterocycles. The molecule has 0 saturated heterocycles. The SMILES string of the molecule is COc1ccc(OC)c(NCCCN(C)C)c1. The third-order valence-corrected chi connectivity index (χ3v) is 2.50. The Bertz CT molecular complexity index is 340. The van der Waals surface area contributed by atoms with Crippen molar-refractivity contribution in [3.63, 3.8) is 0 Å². The van der Waals surface area contributed by atoms with Gasteiger partial charge < -0.3 is 19.7 Å². The molecule has 1 aromatic carbocycles. The molecule has 0 aromatic heterocycles. The molecule has 0 aliphatic rings. The van der Waals surface area contributed by atoms with Crippen LogP contribution in [0.25, 0.3) is 0 Å². The van der Waals surface area contributed by atoms with E-state index >= 15 is 0 Å². The molecule has 0 unspecified atom stereocenters. The fraction of sp³-hybridized carbons (Fsp3) is 0.538. The molecule has 0 aliphatic heterocycles. The normalized spacial score (nSPS) is 10.4. The van der Waals surface area contributed by atoms with Crippen molar-refractivity contribution in [2.45, 2.75) is 6.42 Å². The van der Waals surface area contributed by atoms with Gasteiger partial charge in [-0.3, -0.25) is 0 Å². The quantitative estimate of drug-likeness (QED) is 0.737. The van der Waals surface area contributed by atoms with E-state index in [-0.39, 0.29) is 0 Å². The first-order valence-electron chi connectivity index (χ1n) is 5.78. The van der Waals surface area contributed by atoms with E-state index in [0.29, 0.717) is 0 Å². The van der Waals surface area contributed by atoms with Crippen molar-refractivity contribution in [1.82, 2.24) is 4.90 Å². The third kappa shape index (κ3) is 4.53. The van der Waals surface area contributed by atoms with E-state index in [1.165, 1.54) is 0 Å². The van der Waals surface area contributed by atoms with Crippen LogP contribution in [0.2, 0.25) is 0 Å². The van der Waals surface area contributed by atoms with Crippen molar-refractivity contribution in [3.05, 3.63) is 18.2 Å². The van der Waals surface area contributed by atoms with Gasteiger partial charge in [0.25, 0.3) is 0 Å². The molecule has 0 saturated carbocycles. The molecule has 4 heteroatoms. The minimum absolute atomic E-state index is 0.834. The standard InChI is InChI=1S/C13H22N2O2/c1-15(2)9-5-8-14-12-10-11(16-3)6-7-13(12)17-4/h6-7,10,14H,5,8-9H2,1-4H3. The average molecular weight is 238 g/mol. The lowest BCUT2D eigenvalue weighted by Gasteiger charge is -2.14. The van der Waals surface area contributed by atoms with E-state index < -0.39 is 0 Å². The summed E-state index contributed by atoms with van der Waals surface area (Å²) in [6, 6.07) is 5.76. The van der Waals surface area contributed by atoms with Crippen LogP contribution in [0.5, 0.6) is 11.5 Å². The predicted molar refractivity (Wildman–Crippen MR) is 71.2 cm³/mol. The van der Waals surface area contributed by atoms with E-state index in [4.69, 9.17) is 9.47 Å². The molecule has 0 amide bonds. The molecule has 1 aromatic rings. The van der Waals surface area contributed by atoms with Crippen molar-refractivity contribution in [2.24, 2.45) is 0 Å². The Kier molecular flexibility index (Phi) is 5.63. The molecule has 4 nitrogen and oxygen atoms in total. The minimum atomic E-state index is 0.834. The summed E-state index contributed by atoms with van der Waals surface area (Å²) in [6.07, 6.45) is 1.09. The molecular formula is C13H22N2O2. The fourth-order valence-electron chi connectivity index (χ4n) is 1.57. The number of ether oxygens (including phenoxy) is 2. The van der Waals surface area contributed by atoms with Gasteiger partial charge in [-0.05, 0) is 39.2 Å². The lowest BCUT2D eigenvalue weighted by atomic mass is 10.2. The predicted octanol–water partition coefficient (Wildman–Crippen LogP) is 2.07. The molecule has 0 bridgehead atoms. The second-order valence-corrected chi connectivity index (χ2v) is 4.15. The van der Waals surface area contributed by atoms with Gasteiger partial charge in [-0.2, -0.15) is 0 Å². The van der Waals surface area contributed by atoms with Crippen LogP contribution >= 0.6 is 0 Å². The Labute approximate surface area is 104 Å². The van der Waals surface area contributed by atoms with E-state index in [9.17, 15) is 0 Å². The number of hydrogen-bond acceptors (Lipinski definition) is 4. The zero-order chi connectivity index (χ0) is 12.7. The van der Waals surface area contributed by atoms with Crippen LogP contribution in [0.1, 0.15) is 6.42 Å². The van der Waals surface area contributed by atoms with Crippen molar-refractivity contribution in [2.75, 3.05) is 46.7 Å². The zero-order valence-corrected chi connectivity index (χ0v) is 11.1. The first-order valence-corrected chi connectivity index (χ1v) is 5.78. The Morgan fingerprint density at radius 2 is 1.94 bits per heavy atom. The van der Waals surface area contributed by atoms with Crippen molar-refractivity contribution >= 4 is 5.69 Å². The number of hydrogen-bond donors (Lipinski definition) is 1. The number of anilines is 1. The second-order valence-electron chi connectivity index (χ2n) is 4.15. The molecule has 96 valence electrons. The number of methoxy groups -OCH3 is 2. The monoisotopic (exact) mass is 238 g/mol. The van der Waals surface area contributed by atoms with Gasteiger partial charge >= 0.3 is 0 Å². The first-order chi connectivity index (χ1) is 8.17. The smallest absolute Gasteiger partial charge is 0.142 e. The van der Waals surface area contributed by atoms with Gasteiger partial charge in [0.2, 0.25) is 0 Å². The van der Waals surface area contributed by atoms with Gasteiger partial charge in [0.05, 0.1) is 19.9 Å². The van der Waals surface area contributed by atoms with Crippen LogP contribution in [-0.4, -0.2) is 46.3 Å². The van der Waals surface area contributed by atoms with Crippen molar-refractivity contribution in [3.8, 4) is 11.5 Å². The molecular weight excluding hydrogens is 216 g/mol. The van der Waals surface area contributed by atoms with Crippen LogP contribution in [0, 0.1) is 0 Å². The Hall–Kier alpha value is -1.42. The molecule has 17 heavy (non-hydrogen) atoms. The maximum atomic E-state index is 5.29. The summed E-state index contributed by atoms with van der Waals surface area (Å²) in [5, 5.41) is 3.36. The van der Waals surface area contributed by atoms with Gasteiger partial charge in [-0.1, -0.05) is 0 Å². The molecule has 0 fully saturated rings. The Morgan fingerprint density at radius 1 is 1.18 bits per heavy atom. The molecule has 1 rings (SSSR count). The fourth-order valence-corrected chi connectivity index (χ4v) is 1.57. The summed E-state index contributed by atoms with van der Waals surface area (Å²) in [5.74, 6) is 1.68. The highest BCUT2D eigenvalue weighted by atomic mass is 16.5. The van der Waals surface area contributed by atoms with Crippen LogP contribution in [0.4, 0.5) is 5.69 Å². The number of rotatable bonds is 7. The van der Waals surface area contributed by atoms with Gasteiger partial charge in [0.15, 0.2) is 0 Å². The van der Waals surface area contributed by atoms with Crippen LogP contribution in [0.3, 0.4) is 0 Å². The van der Waals surface area contributed by atoms with Crippen LogP contribution < -0.4 is 14.8 Å². The highest BCUT2D eigenvalue weighted by Crippen LogP contribution is 2.28. The highest BCUT2D eigenvalue weighted by molar-refractivity contribution is 5.59. The van der Waals surface area contributed by atoms with Crippen molar-refractivity contribution < 1.29 is 9.47 Å². The number of nitrogens with zero attached hydrogens (tertiary/aromatic N) is 1. The van der Waals surface area contributed by atoms with Crippen LogP contribution in [-0.2, 0) is 0 Å². The first kappa shape index (κ1) is 13.6. The maximum Gasteiger partial charge on any atom is 0.142 e. The third-order valence-electron chi connectivity index (χ3n) is 2.50. The Morgan fingerprint density at radius 3 is 2.53 bits per heavy atom. The molecule has 0 atom stereocenters. The molecule has 0 radical (unpaired) electrons. The van der Waals surface area contributed by atoms with Gasteiger partial charge in [0.1, 0.15) is 11.5 Å². The van der Waals surface area contributed by atoms with Crippen LogP contribution in [0.15, 0.2) is 18.2 Å². The number of benzene rings is 1. The summed E-state index contributed by atoms with van der Waals surface area (Å²) in [7, 11) is 7.49. The molecule has 0 spiro atoms. The summed E-state index contributed by atoms with van der Waals surface area (Å²) < 4.78 is 10.5. The van der Waals surface area contributed by atoms with E-state index in [1.54, 1.807) is 14.2 Å². The van der Waals surface area contributed by atoms with Gasteiger partial charge in [-0.15, -0.1) is 0 Å². The average Bonchev–Trinajstić information content (AvgIpc) is 2.34. The summed E-state index contributed by atoms with van der Waals surface area (Å²) in [4.78, 5) is 2.17. The molecule has 0 aliphatic carbocycles. The molecule has 1 N–H and O–H groups in total. The van der Waals surface area contributed by atoms with Gasteiger partial charge in [0, 0.05) is 12.6 Å². The zero-order valence-electron chi connectivity index (χ0n) is 11.1. The summed E-state index contributed by atoms with van der Waals surface area (Å²) >= 11 is 0. The lowest BCUT2D eigenvalue weighted by molar-refractivity contribution is 0.401. The van der Waals surface area contributed by atoms with E-state index in [0.717, 1.165) is 36.7 Å². The van der Waals surface area contributed by atoms with E-state index in [2.05, 4.69) is 24.3 Å². The van der Waals surface area contributed by atoms with Crippen molar-refractivity contribution in [1.29, 1.82) is 0 Å². The summed E-state index contributed by atoms with van der Waals surface area (Å²) in [6.45, 7) is 1.99. The minimum Gasteiger partial charge on any atom is -0.497 e.